The fourth-order valence-electron chi connectivity index (χ4n) is 0.576. The van der Waals surface area contributed by atoms with Gasteiger partial charge in [0.1, 0.15) is 0 Å². The Hall–Kier alpha value is -0.160. The van der Waals surface area contributed by atoms with Crippen molar-refractivity contribution < 1.29 is 20.4 Å². The number of aliphatic hydroxyl groups is 4. The molecule has 0 aliphatic rings. The van der Waals surface area contributed by atoms with Crippen molar-refractivity contribution in [2.24, 2.45) is 0 Å². The maximum atomic E-state index is 8.63. The Morgan fingerprint density at radius 3 is 1.77 bits per heavy atom. The second-order valence-corrected chi connectivity index (χ2v) is 2.78. The molecule has 0 fully saturated rings. The smallest absolute Gasteiger partial charge is 0.0771 e. The Balaban J connectivity index is 0. The van der Waals surface area contributed by atoms with Gasteiger partial charge in [-0.3, -0.25) is 0 Å². The van der Waals surface area contributed by atoms with E-state index in [1.54, 1.807) is 0 Å². The lowest BCUT2D eigenvalue weighted by atomic mass is 10.2. The summed E-state index contributed by atoms with van der Waals surface area (Å²) >= 11 is 0. The molecule has 0 heterocycles. The molecule has 13 heavy (non-hydrogen) atoms. The van der Waals surface area contributed by atoms with Crippen LogP contribution < -0.4 is 0 Å². The van der Waals surface area contributed by atoms with Crippen LogP contribution in [0.2, 0.25) is 0 Å². The number of aliphatic hydroxyl groups excluding tert-OH is 4. The Kier molecular flexibility index (Phi) is 16.9. The zero-order valence-corrected chi connectivity index (χ0v) is 8.32. The quantitative estimate of drug-likeness (QED) is 0.475. The van der Waals surface area contributed by atoms with E-state index in [9.17, 15) is 0 Å². The number of hydrogen-bond donors (Lipinski definition) is 4. The Labute approximate surface area is 79.8 Å². The SMILES string of the molecule is CCCCO.OCCCC(O)CO. The lowest BCUT2D eigenvalue weighted by Gasteiger charge is -2.02. The summed E-state index contributed by atoms with van der Waals surface area (Å²) in [4.78, 5) is 0. The fourth-order valence-corrected chi connectivity index (χ4v) is 0.576. The standard InChI is InChI=1S/C5H12O3.C4H10O/c6-3-1-2-5(8)4-7;1-2-3-4-5/h5-8H,1-4H2;5H,2-4H2,1H3. The van der Waals surface area contributed by atoms with Crippen LogP contribution in [0.3, 0.4) is 0 Å². The van der Waals surface area contributed by atoms with Crippen molar-refractivity contribution in [3.8, 4) is 0 Å². The summed E-state index contributed by atoms with van der Waals surface area (Å²) in [6.45, 7) is 2.27. The normalized spacial score (nSPS) is 11.8. The molecule has 0 radical (unpaired) electrons. The van der Waals surface area contributed by atoms with Gasteiger partial charge in [-0.2, -0.15) is 0 Å². The lowest BCUT2D eigenvalue weighted by Crippen LogP contribution is -2.11. The average Bonchev–Trinajstić information content (AvgIpc) is 2.16. The first-order chi connectivity index (χ1) is 6.22. The first-order valence-corrected chi connectivity index (χ1v) is 4.73. The molecule has 0 spiro atoms. The van der Waals surface area contributed by atoms with Gasteiger partial charge in [0.25, 0.3) is 0 Å². The third-order valence-corrected chi connectivity index (χ3v) is 1.42. The molecule has 0 saturated heterocycles. The van der Waals surface area contributed by atoms with Crippen molar-refractivity contribution in [2.75, 3.05) is 19.8 Å². The van der Waals surface area contributed by atoms with E-state index in [0.717, 1.165) is 12.8 Å². The molecule has 0 bridgehead atoms. The molecule has 4 nitrogen and oxygen atoms in total. The highest BCUT2D eigenvalue weighted by molar-refractivity contribution is 4.50. The summed E-state index contributed by atoms with van der Waals surface area (Å²) in [5.41, 5.74) is 0. The molecule has 1 unspecified atom stereocenters. The van der Waals surface area contributed by atoms with Crippen molar-refractivity contribution in [1.29, 1.82) is 0 Å². The fraction of sp³-hybridized carbons (Fsp3) is 1.00. The third-order valence-electron chi connectivity index (χ3n) is 1.42. The highest BCUT2D eigenvalue weighted by Gasteiger charge is 1.98. The molecule has 0 aromatic heterocycles. The van der Waals surface area contributed by atoms with Gasteiger partial charge in [-0.15, -0.1) is 0 Å². The van der Waals surface area contributed by atoms with Crippen LogP contribution in [0, 0.1) is 0 Å². The lowest BCUT2D eigenvalue weighted by molar-refractivity contribution is 0.0817. The van der Waals surface area contributed by atoms with Crippen LogP contribution in [0.25, 0.3) is 0 Å². The minimum absolute atomic E-state index is 0.0804. The monoisotopic (exact) mass is 194 g/mol. The first kappa shape index (κ1) is 15.3. The third kappa shape index (κ3) is 18.7. The first-order valence-electron chi connectivity index (χ1n) is 4.73. The summed E-state index contributed by atoms with van der Waals surface area (Å²) in [6.07, 6.45) is 2.42. The van der Waals surface area contributed by atoms with Crippen LogP contribution in [-0.2, 0) is 0 Å². The molecule has 4 heteroatoms. The maximum Gasteiger partial charge on any atom is 0.0771 e. The van der Waals surface area contributed by atoms with E-state index in [0.29, 0.717) is 19.4 Å². The minimum atomic E-state index is -0.651. The molecule has 0 saturated carbocycles. The number of hydrogen-bond acceptors (Lipinski definition) is 4. The number of unbranched alkanes of at least 4 members (excludes halogenated alkanes) is 1. The van der Waals surface area contributed by atoms with E-state index in [1.807, 2.05) is 0 Å². The van der Waals surface area contributed by atoms with Crippen LogP contribution in [0.5, 0.6) is 0 Å². The molecule has 82 valence electrons. The molecular weight excluding hydrogens is 172 g/mol. The number of rotatable bonds is 6. The second kappa shape index (κ2) is 14.4. The molecule has 4 N–H and O–H groups in total. The molecule has 0 aromatic rings. The predicted octanol–water partition coefficient (Wildman–Crippen LogP) is -0.109. The van der Waals surface area contributed by atoms with Gasteiger partial charge in [0.2, 0.25) is 0 Å². The van der Waals surface area contributed by atoms with Gasteiger partial charge in [0, 0.05) is 13.2 Å². The molecule has 0 aliphatic carbocycles. The maximum absolute atomic E-state index is 8.63. The van der Waals surface area contributed by atoms with Gasteiger partial charge < -0.3 is 20.4 Å². The zero-order valence-electron chi connectivity index (χ0n) is 8.32. The Bertz CT molecular complexity index is 76.0. The van der Waals surface area contributed by atoms with Crippen molar-refractivity contribution in [2.45, 2.75) is 38.7 Å². The Morgan fingerprint density at radius 1 is 1.00 bits per heavy atom. The summed E-state index contributed by atoms with van der Waals surface area (Å²) in [5, 5.41) is 33.1. The molecule has 0 amide bonds. The highest BCUT2D eigenvalue weighted by Crippen LogP contribution is 1.93. The predicted molar refractivity (Wildman–Crippen MR) is 51.4 cm³/mol. The average molecular weight is 194 g/mol. The van der Waals surface area contributed by atoms with Crippen molar-refractivity contribution >= 4 is 0 Å². The second-order valence-electron chi connectivity index (χ2n) is 2.78. The molecule has 1 atom stereocenters. The summed E-state index contributed by atoms with van der Waals surface area (Å²) in [5.74, 6) is 0. The van der Waals surface area contributed by atoms with Gasteiger partial charge in [-0.1, -0.05) is 13.3 Å². The summed E-state index contributed by atoms with van der Waals surface area (Å²) in [6, 6.07) is 0. The van der Waals surface area contributed by atoms with E-state index in [4.69, 9.17) is 20.4 Å². The van der Waals surface area contributed by atoms with Crippen LogP contribution in [0.4, 0.5) is 0 Å². The highest BCUT2D eigenvalue weighted by atomic mass is 16.3. The van der Waals surface area contributed by atoms with Gasteiger partial charge in [0.05, 0.1) is 12.7 Å². The van der Waals surface area contributed by atoms with Crippen molar-refractivity contribution in [3.63, 3.8) is 0 Å². The van der Waals surface area contributed by atoms with Crippen LogP contribution in [0.15, 0.2) is 0 Å². The largest absolute Gasteiger partial charge is 0.396 e. The van der Waals surface area contributed by atoms with Gasteiger partial charge in [-0.05, 0) is 19.3 Å². The minimum Gasteiger partial charge on any atom is -0.396 e. The van der Waals surface area contributed by atoms with E-state index >= 15 is 0 Å². The van der Waals surface area contributed by atoms with Gasteiger partial charge in [-0.25, -0.2) is 0 Å². The van der Waals surface area contributed by atoms with Gasteiger partial charge >= 0.3 is 0 Å². The Morgan fingerprint density at radius 2 is 1.54 bits per heavy atom. The summed E-state index contributed by atoms with van der Waals surface area (Å²) < 4.78 is 0. The van der Waals surface area contributed by atoms with Crippen LogP contribution >= 0.6 is 0 Å². The zero-order chi connectivity index (χ0) is 10.5. The van der Waals surface area contributed by atoms with E-state index in [-0.39, 0.29) is 13.2 Å². The molecule has 0 aromatic carbocycles. The van der Waals surface area contributed by atoms with E-state index in [2.05, 4.69) is 6.92 Å². The summed E-state index contributed by atoms with van der Waals surface area (Å²) in [7, 11) is 0. The molecular formula is C9H22O4. The van der Waals surface area contributed by atoms with Crippen molar-refractivity contribution in [3.05, 3.63) is 0 Å². The van der Waals surface area contributed by atoms with E-state index < -0.39 is 6.10 Å². The van der Waals surface area contributed by atoms with Crippen LogP contribution in [-0.4, -0.2) is 46.4 Å². The van der Waals surface area contributed by atoms with Crippen molar-refractivity contribution in [1.82, 2.24) is 0 Å². The van der Waals surface area contributed by atoms with Gasteiger partial charge in [0.15, 0.2) is 0 Å². The topological polar surface area (TPSA) is 80.9 Å². The molecule has 0 aliphatic heterocycles. The van der Waals surface area contributed by atoms with Crippen LogP contribution in [0.1, 0.15) is 32.6 Å². The van der Waals surface area contributed by atoms with E-state index in [1.165, 1.54) is 0 Å². The molecule has 0 rings (SSSR count).